The molecule has 0 spiro atoms. The van der Waals surface area contributed by atoms with Gasteiger partial charge in [-0.2, -0.15) is 0 Å². The number of aromatic nitrogens is 3. The van der Waals surface area contributed by atoms with Crippen molar-refractivity contribution in [3.63, 3.8) is 0 Å². The quantitative estimate of drug-likeness (QED) is 0.435. The molecule has 156 valence electrons. The molecule has 5 rings (SSSR count). The molecule has 0 atom stereocenters. The van der Waals surface area contributed by atoms with Crippen LogP contribution in [0.4, 0.5) is 0 Å². The van der Waals surface area contributed by atoms with Gasteiger partial charge in [-0.3, -0.25) is 4.79 Å². The van der Waals surface area contributed by atoms with Gasteiger partial charge in [-0.15, -0.1) is 10.2 Å². The first-order chi connectivity index (χ1) is 15.3. The summed E-state index contributed by atoms with van der Waals surface area (Å²) in [6.07, 6.45) is 3.11. The van der Waals surface area contributed by atoms with Crippen LogP contribution in [0, 0.1) is 0 Å². The van der Waals surface area contributed by atoms with Crippen molar-refractivity contribution < 1.29 is 23.1 Å². The van der Waals surface area contributed by atoms with Gasteiger partial charge in [-0.1, -0.05) is 17.8 Å². The summed E-state index contributed by atoms with van der Waals surface area (Å²) in [7, 11) is 0. The van der Waals surface area contributed by atoms with Gasteiger partial charge >= 0.3 is 0 Å². The predicted octanol–water partition coefficient (Wildman–Crippen LogP) is 3.53. The van der Waals surface area contributed by atoms with Crippen molar-refractivity contribution in [1.82, 2.24) is 20.5 Å². The largest absolute Gasteiger partial charge is 0.463 e. The Labute approximate surface area is 180 Å². The number of carbonyl (C=O) groups is 1. The molecule has 1 N–H and O–H groups in total. The number of amides is 1. The molecule has 0 fully saturated rings. The van der Waals surface area contributed by atoms with E-state index in [-0.39, 0.29) is 18.5 Å². The van der Waals surface area contributed by atoms with E-state index in [9.17, 15) is 4.79 Å². The van der Waals surface area contributed by atoms with Gasteiger partial charge in [0.2, 0.25) is 17.9 Å². The molecule has 4 aromatic rings. The molecule has 1 aliphatic rings. The molecule has 1 aromatic carbocycles. The van der Waals surface area contributed by atoms with Crippen LogP contribution in [0.1, 0.15) is 5.56 Å². The summed E-state index contributed by atoms with van der Waals surface area (Å²) in [5, 5.41) is 11.6. The Kier molecular flexibility index (Phi) is 5.28. The third kappa shape index (κ3) is 4.24. The normalized spacial score (nSPS) is 12.1. The zero-order valence-corrected chi connectivity index (χ0v) is 16.9. The van der Waals surface area contributed by atoms with Gasteiger partial charge < -0.3 is 23.6 Å². The number of thioether (sulfide) groups is 1. The average Bonchev–Trinajstić information content (AvgIpc) is 3.57. The van der Waals surface area contributed by atoms with E-state index in [4.69, 9.17) is 18.3 Å². The Morgan fingerprint density at radius 3 is 2.52 bits per heavy atom. The Hall–Kier alpha value is -3.79. The van der Waals surface area contributed by atoms with Crippen molar-refractivity contribution in [2.75, 3.05) is 12.5 Å². The van der Waals surface area contributed by atoms with E-state index in [1.807, 2.05) is 18.2 Å². The Bertz CT molecular complexity index is 1190. The van der Waals surface area contributed by atoms with E-state index in [1.54, 1.807) is 36.8 Å². The first-order valence-corrected chi connectivity index (χ1v) is 10.4. The SMILES string of the molecule is O=C(CSc1nnc(-c2ccco2)c(-c2ccco2)n1)NCc1ccc2c(c1)OCO2. The lowest BCUT2D eigenvalue weighted by atomic mass is 10.2. The first kappa shape index (κ1) is 19.2. The van der Waals surface area contributed by atoms with Crippen molar-refractivity contribution >= 4 is 17.7 Å². The van der Waals surface area contributed by atoms with Gasteiger partial charge in [0.15, 0.2) is 28.7 Å². The van der Waals surface area contributed by atoms with Crippen LogP contribution in [0.3, 0.4) is 0 Å². The van der Waals surface area contributed by atoms with Gasteiger partial charge in [-0.05, 0) is 42.0 Å². The first-order valence-electron chi connectivity index (χ1n) is 9.37. The van der Waals surface area contributed by atoms with E-state index in [0.29, 0.717) is 46.1 Å². The molecule has 4 heterocycles. The van der Waals surface area contributed by atoms with E-state index in [0.717, 1.165) is 5.56 Å². The molecule has 0 unspecified atom stereocenters. The van der Waals surface area contributed by atoms with Gasteiger partial charge in [0, 0.05) is 6.54 Å². The molecule has 0 radical (unpaired) electrons. The molecule has 0 saturated carbocycles. The number of furan rings is 2. The number of rotatable bonds is 7. The van der Waals surface area contributed by atoms with Crippen LogP contribution < -0.4 is 14.8 Å². The van der Waals surface area contributed by atoms with Crippen LogP contribution in [0.2, 0.25) is 0 Å². The van der Waals surface area contributed by atoms with Crippen LogP contribution in [0.5, 0.6) is 11.5 Å². The zero-order valence-electron chi connectivity index (χ0n) is 16.1. The molecule has 0 saturated heterocycles. The molecule has 1 aliphatic heterocycles. The molecule has 3 aromatic heterocycles. The van der Waals surface area contributed by atoms with Crippen molar-refractivity contribution in [3.05, 3.63) is 60.6 Å². The summed E-state index contributed by atoms with van der Waals surface area (Å²) in [5.41, 5.74) is 1.89. The highest BCUT2D eigenvalue weighted by molar-refractivity contribution is 7.99. The number of hydrogen-bond acceptors (Lipinski definition) is 9. The third-order valence-electron chi connectivity index (χ3n) is 4.44. The van der Waals surface area contributed by atoms with E-state index >= 15 is 0 Å². The molecule has 31 heavy (non-hydrogen) atoms. The second kappa shape index (κ2) is 8.52. The molecule has 1 amide bonds. The zero-order chi connectivity index (χ0) is 21.0. The lowest BCUT2D eigenvalue weighted by Gasteiger charge is -2.07. The molecule has 0 aliphatic carbocycles. The highest BCUT2D eigenvalue weighted by Crippen LogP contribution is 2.32. The fourth-order valence-corrected chi connectivity index (χ4v) is 3.59. The topological polar surface area (TPSA) is 113 Å². The van der Waals surface area contributed by atoms with Crippen molar-refractivity contribution in [2.24, 2.45) is 0 Å². The van der Waals surface area contributed by atoms with Gasteiger partial charge in [-0.25, -0.2) is 4.98 Å². The second-order valence-electron chi connectivity index (χ2n) is 6.50. The summed E-state index contributed by atoms with van der Waals surface area (Å²) >= 11 is 1.19. The van der Waals surface area contributed by atoms with Gasteiger partial charge in [0.25, 0.3) is 0 Å². The summed E-state index contributed by atoms with van der Waals surface area (Å²) in [6, 6.07) is 12.6. The minimum atomic E-state index is -0.152. The van der Waals surface area contributed by atoms with Crippen LogP contribution in [0.25, 0.3) is 22.9 Å². The fourth-order valence-electron chi connectivity index (χ4n) is 2.97. The number of benzene rings is 1. The van der Waals surface area contributed by atoms with Crippen molar-refractivity contribution in [3.8, 4) is 34.4 Å². The molecule has 9 nitrogen and oxygen atoms in total. The third-order valence-corrected chi connectivity index (χ3v) is 5.27. The maximum atomic E-state index is 12.3. The molecular formula is C21H16N4O5S. The minimum Gasteiger partial charge on any atom is -0.463 e. The number of nitrogens with zero attached hydrogens (tertiary/aromatic N) is 3. The summed E-state index contributed by atoms with van der Waals surface area (Å²) in [6.45, 7) is 0.596. The molecule has 10 heteroatoms. The highest BCUT2D eigenvalue weighted by atomic mass is 32.2. The predicted molar refractivity (Wildman–Crippen MR) is 110 cm³/mol. The molecule has 0 bridgehead atoms. The average molecular weight is 436 g/mol. The maximum absolute atomic E-state index is 12.3. The maximum Gasteiger partial charge on any atom is 0.231 e. The fraction of sp³-hybridized carbons (Fsp3) is 0.143. The van der Waals surface area contributed by atoms with Crippen LogP contribution in [-0.2, 0) is 11.3 Å². The van der Waals surface area contributed by atoms with E-state index in [1.165, 1.54) is 11.8 Å². The van der Waals surface area contributed by atoms with Crippen LogP contribution in [0.15, 0.2) is 69.0 Å². The van der Waals surface area contributed by atoms with E-state index < -0.39 is 0 Å². The van der Waals surface area contributed by atoms with E-state index in [2.05, 4.69) is 20.5 Å². The second-order valence-corrected chi connectivity index (χ2v) is 7.44. The van der Waals surface area contributed by atoms with Crippen LogP contribution in [-0.4, -0.2) is 33.6 Å². The Morgan fingerprint density at radius 1 is 0.968 bits per heavy atom. The number of hydrogen-bond donors (Lipinski definition) is 1. The number of ether oxygens (including phenoxy) is 2. The Morgan fingerprint density at radius 2 is 1.74 bits per heavy atom. The standard InChI is InChI=1S/C21H16N4O5S/c26-18(22-10-13-5-6-14-17(9-13)30-12-29-14)11-31-21-23-19(15-3-1-7-27-15)20(24-25-21)16-4-2-8-28-16/h1-9H,10-12H2,(H,22,26). The monoisotopic (exact) mass is 436 g/mol. The summed E-state index contributed by atoms with van der Waals surface area (Å²) in [5.74, 6) is 2.45. The van der Waals surface area contributed by atoms with Gasteiger partial charge in [0.05, 0.1) is 18.3 Å². The van der Waals surface area contributed by atoms with Crippen molar-refractivity contribution in [1.29, 1.82) is 0 Å². The highest BCUT2D eigenvalue weighted by Gasteiger charge is 2.18. The lowest BCUT2D eigenvalue weighted by Crippen LogP contribution is -2.24. The summed E-state index contributed by atoms with van der Waals surface area (Å²) < 4.78 is 21.5. The lowest BCUT2D eigenvalue weighted by molar-refractivity contribution is -0.118. The van der Waals surface area contributed by atoms with Gasteiger partial charge in [0.1, 0.15) is 5.69 Å². The van der Waals surface area contributed by atoms with Crippen LogP contribution >= 0.6 is 11.8 Å². The smallest absolute Gasteiger partial charge is 0.231 e. The van der Waals surface area contributed by atoms with Crippen molar-refractivity contribution in [2.45, 2.75) is 11.7 Å². The summed E-state index contributed by atoms with van der Waals surface area (Å²) in [4.78, 5) is 16.8. The number of carbonyl (C=O) groups excluding carboxylic acids is 1. The number of nitrogens with one attached hydrogen (secondary N) is 1. The minimum absolute atomic E-state index is 0.143. The molecular weight excluding hydrogens is 420 g/mol. The number of fused-ring (bicyclic) bond motifs is 1. The Balaban J connectivity index is 1.24.